The topological polar surface area (TPSA) is 71.9 Å². The standard InChI is InChI=1S/C34H36F7N5O3/c1-44(31(47)27-19-26(48-2)11-12-30(27)49-34(39,40)41)20-23(22-7-9-24(35)10-8-22)13-16-45-17-14-25(15-18-45)42-32-43-28-5-3-4-6-29(28)46(32)21-33(36,37)38/h3-12,19,23,25H,13-18,20-21H2,1-2H3,(H,42,43). The van der Waals surface area contributed by atoms with E-state index in [0.717, 1.165) is 16.2 Å². The maximum absolute atomic E-state index is 13.8. The van der Waals surface area contributed by atoms with Crippen molar-refractivity contribution in [3.8, 4) is 11.5 Å². The summed E-state index contributed by atoms with van der Waals surface area (Å²) in [4.78, 5) is 21.4. The molecule has 1 unspecified atom stereocenters. The Morgan fingerprint density at radius 1 is 1.02 bits per heavy atom. The monoisotopic (exact) mass is 695 g/mol. The molecule has 1 N–H and O–H groups in total. The summed E-state index contributed by atoms with van der Waals surface area (Å²) in [6.45, 7) is 0.824. The number of carbonyl (C=O) groups is 1. The molecule has 1 aliphatic heterocycles. The maximum atomic E-state index is 13.8. The smallest absolute Gasteiger partial charge is 0.497 e. The first-order valence-electron chi connectivity index (χ1n) is 15.6. The molecule has 0 saturated carbocycles. The number of ether oxygens (including phenoxy) is 2. The number of nitrogens with one attached hydrogen (secondary N) is 1. The van der Waals surface area contributed by atoms with E-state index in [-0.39, 0.29) is 35.8 Å². The highest BCUT2D eigenvalue weighted by atomic mass is 19.4. The van der Waals surface area contributed by atoms with E-state index in [1.807, 2.05) is 0 Å². The summed E-state index contributed by atoms with van der Waals surface area (Å²) in [5.74, 6) is -1.76. The molecule has 1 amide bonds. The predicted molar refractivity (Wildman–Crippen MR) is 169 cm³/mol. The lowest BCUT2D eigenvalue weighted by Gasteiger charge is -2.34. The van der Waals surface area contributed by atoms with Crippen LogP contribution in [0.25, 0.3) is 11.0 Å². The Labute approximate surface area is 278 Å². The molecule has 49 heavy (non-hydrogen) atoms. The van der Waals surface area contributed by atoms with Gasteiger partial charge in [0.25, 0.3) is 5.91 Å². The van der Waals surface area contributed by atoms with Gasteiger partial charge in [-0.15, -0.1) is 13.2 Å². The number of likely N-dealkylation sites (tertiary alicyclic amines) is 1. The highest BCUT2D eigenvalue weighted by Gasteiger charge is 2.34. The van der Waals surface area contributed by atoms with Gasteiger partial charge in [0.05, 0.1) is 23.7 Å². The van der Waals surface area contributed by atoms with Crippen LogP contribution in [0.5, 0.6) is 11.5 Å². The summed E-state index contributed by atoms with van der Waals surface area (Å²) in [5, 5.41) is 3.21. The highest BCUT2D eigenvalue weighted by molar-refractivity contribution is 5.97. The summed E-state index contributed by atoms with van der Waals surface area (Å²) >= 11 is 0. The Hall–Kier alpha value is -4.53. The van der Waals surface area contributed by atoms with Crippen LogP contribution in [0.3, 0.4) is 0 Å². The first-order chi connectivity index (χ1) is 23.2. The quantitative estimate of drug-likeness (QED) is 0.155. The Bertz CT molecular complexity index is 1720. The first-order valence-corrected chi connectivity index (χ1v) is 15.6. The number of carbonyl (C=O) groups excluding carboxylic acids is 1. The second-order valence-corrected chi connectivity index (χ2v) is 12.0. The number of methoxy groups -OCH3 is 1. The van der Waals surface area contributed by atoms with Gasteiger partial charge in [0.1, 0.15) is 23.9 Å². The molecule has 0 radical (unpaired) electrons. The van der Waals surface area contributed by atoms with E-state index in [1.54, 1.807) is 36.4 Å². The fourth-order valence-corrected chi connectivity index (χ4v) is 6.08. The van der Waals surface area contributed by atoms with Gasteiger partial charge in [0.15, 0.2) is 0 Å². The van der Waals surface area contributed by atoms with Crippen molar-refractivity contribution in [3.63, 3.8) is 0 Å². The van der Waals surface area contributed by atoms with Crippen LogP contribution in [0.4, 0.5) is 36.7 Å². The molecule has 15 heteroatoms. The summed E-state index contributed by atoms with van der Waals surface area (Å²) in [6, 6.07) is 15.9. The molecular weight excluding hydrogens is 659 g/mol. The van der Waals surface area contributed by atoms with Gasteiger partial charge in [0.2, 0.25) is 5.95 Å². The minimum atomic E-state index is -5.01. The van der Waals surface area contributed by atoms with Crippen molar-refractivity contribution in [3.05, 3.63) is 83.7 Å². The minimum Gasteiger partial charge on any atom is -0.497 e. The molecule has 0 aliphatic carbocycles. The van der Waals surface area contributed by atoms with Crippen molar-refractivity contribution in [2.24, 2.45) is 0 Å². The lowest BCUT2D eigenvalue weighted by Crippen LogP contribution is -2.41. The van der Waals surface area contributed by atoms with Crippen molar-refractivity contribution in [2.75, 3.05) is 45.7 Å². The fourth-order valence-electron chi connectivity index (χ4n) is 6.08. The van der Waals surface area contributed by atoms with Gasteiger partial charge in [-0.25, -0.2) is 9.37 Å². The number of para-hydroxylation sites is 2. The Morgan fingerprint density at radius 2 is 1.71 bits per heavy atom. The molecule has 8 nitrogen and oxygen atoms in total. The lowest BCUT2D eigenvalue weighted by atomic mass is 9.94. The molecule has 0 bridgehead atoms. The number of likely N-dealkylation sites (N-methyl/N-ethyl adjacent to an activating group) is 1. The van der Waals surface area contributed by atoms with Crippen LogP contribution in [0.2, 0.25) is 0 Å². The third kappa shape index (κ3) is 9.55. The average molecular weight is 696 g/mol. The van der Waals surface area contributed by atoms with E-state index in [2.05, 4.69) is 19.9 Å². The van der Waals surface area contributed by atoms with Crippen molar-refractivity contribution in [1.29, 1.82) is 0 Å². The van der Waals surface area contributed by atoms with Gasteiger partial charge in [-0.05, 0) is 73.8 Å². The Balaban J connectivity index is 1.24. The largest absolute Gasteiger partial charge is 0.573 e. The van der Waals surface area contributed by atoms with Crippen molar-refractivity contribution >= 4 is 22.9 Å². The molecule has 5 rings (SSSR count). The second-order valence-electron chi connectivity index (χ2n) is 12.0. The van der Waals surface area contributed by atoms with Crippen molar-refractivity contribution in [2.45, 2.75) is 50.3 Å². The first kappa shape index (κ1) is 35.8. The number of halogens is 7. The van der Waals surface area contributed by atoms with Crippen LogP contribution in [0, 0.1) is 5.82 Å². The van der Waals surface area contributed by atoms with Crippen LogP contribution in [-0.2, 0) is 6.54 Å². The molecule has 1 aromatic heterocycles. The second kappa shape index (κ2) is 14.9. The van der Waals surface area contributed by atoms with E-state index in [0.29, 0.717) is 49.9 Å². The molecule has 0 spiro atoms. The normalized spacial score (nSPS) is 15.3. The number of imidazole rings is 1. The van der Waals surface area contributed by atoms with Gasteiger partial charge < -0.3 is 29.2 Å². The van der Waals surface area contributed by atoms with Crippen LogP contribution >= 0.6 is 0 Å². The van der Waals surface area contributed by atoms with Gasteiger partial charge in [-0.1, -0.05) is 24.3 Å². The average Bonchev–Trinajstić information content (AvgIpc) is 3.38. The number of benzene rings is 3. The molecule has 4 aromatic rings. The molecule has 1 fully saturated rings. The van der Waals surface area contributed by atoms with Crippen molar-refractivity contribution < 1.29 is 45.0 Å². The number of anilines is 1. The fraction of sp³-hybridized carbons (Fsp3) is 0.412. The number of nitrogens with zero attached hydrogens (tertiary/aromatic N) is 4. The summed E-state index contributed by atoms with van der Waals surface area (Å²) in [7, 11) is 2.80. The third-order valence-electron chi connectivity index (χ3n) is 8.53. The van der Waals surface area contributed by atoms with E-state index in [1.165, 1.54) is 43.3 Å². The zero-order valence-electron chi connectivity index (χ0n) is 26.8. The highest BCUT2D eigenvalue weighted by Crippen LogP contribution is 2.32. The zero-order valence-corrected chi connectivity index (χ0v) is 26.8. The van der Waals surface area contributed by atoms with Gasteiger partial charge in [-0.2, -0.15) is 13.2 Å². The summed E-state index contributed by atoms with van der Waals surface area (Å²) < 4.78 is 104. The van der Waals surface area contributed by atoms with E-state index in [4.69, 9.17) is 4.74 Å². The van der Waals surface area contributed by atoms with E-state index < -0.39 is 36.6 Å². The third-order valence-corrected chi connectivity index (χ3v) is 8.53. The van der Waals surface area contributed by atoms with Crippen LogP contribution in [0.1, 0.15) is 41.1 Å². The zero-order chi connectivity index (χ0) is 35.3. The number of rotatable bonds is 12. The van der Waals surface area contributed by atoms with E-state index in [9.17, 15) is 35.5 Å². The molecule has 1 aliphatic rings. The number of hydrogen-bond donors (Lipinski definition) is 1. The summed E-state index contributed by atoms with van der Waals surface area (Å²) in [6.07, 6.45) is -7.61. The number of hydrogen-bond acceptors (Lipinski definition) is 6. The number of alkyl halides is 6. The minimum absolute atomic E-state index is 0.104. The summed E-state index contributed by atoms with van der Waals surface area (Å²) in [5.41, 5.74) is 1.29. The molecule has 2 heterocycles. The van der Waals surface area contributed by atoms with Crippen LogP contribution in [-0.4, -0.2) is 84.2 Å². The number of aromatic nitrogens is 2. The number of piperidine rings is 1. The molecule has 1 atom stereocenters. The Morgan fingerprint density at radius 3 is 2.37 bits per heavy atom. The Kier molecular flexibility index (Phi) is 10.9. The lowest BCUT2D eigenvalue weighted by molar-refractivity contribution is -0.274. The predicted octanol–water partition coefficient (Wildman–Crippen LogP) is 7.47. The van der Waals surface area contributed by atoms with Gasteiger partial charge >= 0.3 is 12.5 Å². The maximum Gasteiger partial charge on any atom is 0.573 e. The molecule has 3 aromatic carbocycles. The molecular formula is C34H36F7N5O3. The van der Waals surface area contributed by atoms with E-state index >= 15 is 0 Å². The number of amides is 1. The van der Waals surface area contributed by atoms with Crippen LogP contribution in [0.15, 0.2) is 66.7 Å². The molecule has 264 valence electrons. The SMILES string of the molecule is COc1ccc(OC(F)(F)F)c(C(=O)N(C)CC(CCN2CCC(Nc3nc4ccccc4n3CC(F)(F)F)CC2)c2ccc(F)cc2)c1. The van der Waals surface area contributed by atoms with Crippen LogP contribution < -0.4 is 14.8 Å². The molecule has 1 saturated heterocycles. The number of fused-ring (bicyclic) bond motifs is 1. The van der Waals surface area contributed by atoms with Gasteiger partial charge in [0, 0.05) is 38.6 Å². The van der Waals surface area contributed by atoms with Crippen molar-refractivity contribution in [1.82, 2.24) is 19.4 Å². The van der Waals surface area contributed by atoms with Gasteiger partial charge in [-0.3, -0.25) is 4.79 Å².